The molecule has 1 saturated heterocycles. The highest BCUT2D eigenvalue weighted by Crippen LogP contribution is 2.29. The summed E-state index contributed by atoms with van der Waals surface area (Å²) >= 11 is 3.38. The second-order valence-electron chi connectivity index (χ2n) is 4.87. The van der Waals surface area contributed by atoms with Crippen molar-refractivity contribution in [3.05, 3.63) is 28.2 Å². The number of nitriles is 1. The predicted molar refractivity (Wildman–Crippen MR) is 77.6 cm³/mol. The Morgan fingerprint density at radius 1 is 1.47 bits per heavy atom. The van der Waals surface area contributed by atoms with Crippen molar-refractivity contribution in [2.45, 2.75) is 19.3 Å². The minimum absolute atomic E-state index is 0.222. The molecule has 2 N–H and O–H groups in total. The number of amides is 1. The summed E-state index contributed by atoms with van der Waals surface area (Å²) < 4.78 is 0.913. The number of piperidine rings is 1. The Kier molecular flexibility index (Phi) is 4.43. The lowest BCUT2D eigenvalue weighted by Gasteiger charge is -2.33. The standard InChI is InChI=1S/C14H16BrN3O/c15-12-1-2-13(11(8-12)9-16)18-5-3-10(4-6-18)7-14(17)19/h1-2,8,10H,3-7H2,(H2,17,19). The second kappa shape index (κ2) is 6.07. The van der Waals surface area contributed by atoms with E-state index in [4.69, 9.17) is 5.73 Å². The molecule has 1 amide bonds. The molecule has 0 radical (unpaired) electrons. The number of hydrogen-bond acceptors (Lipinski definition) is 3. The first-order chi connectivity index (χ1) is 9.10. The molecule has 4 nitrogen and oxygen atoms in total. The van der Waals surface area contributed by atoms with Crippen molar-refractivity contribution in [2.75, 3.05) is 18.0 Å². The number of rotatable bonds is 3. The Labute approximate surface area is 121 Å². The van der Waals surface area contributed by atoms with Crippen LogP contribution in [0.15, 0.2) is 22.7 Å². The van der Waals surface area contributed by atoms with Crippen molar-refractivity contribution in [3.63, 3.8) is 0 Å². The van der Waals surface area contributed by atoms with Gasteiger partial charge in [-0.3, -0.25) is 4.79 Å². The molecule has 0 aliphatic carbocycles. The van der Waals surface area contributed by atoms with Crippen molar-refractivity contribution in [1.29, 1.82) is 5.26 Å². The van der Waals surface area contributed by atoms with Gasteiger partial charge in [0.05, 0.1) is 11.3 Å². The van der Waals surface area contributed by atoms with Crippen LogP contribution in [0, 0.1) is 17.2 Å². The summed E-state index contributed by atoms with van der Waals surface area (Å²) in [6, 6.07) is 7.99. The quantitative estimate of drug-likeness (QED) is 0.929. The monoisotopic (exact) mass is 321 g/mol. The first-order valence-corrected chi connectivity index (χ1v) is 7.12. The van der Waals surface area contributed by atoms with Gasteiger partial charge in [-0.2, -0.15) is 5.26 Å². The molecule has 1 aliphatic heterocycles. The van der Waals surface area contributed by atoms with Gasteiger partial charge in [-0.05, 0) is 37.0 Å². The summed E-state index contributed by atoms with van der Waals surface area (Å²) in [4.78, 5) is 13.1. The van der Waals surface area contributed by atoms with Gasteiger partial charge in [-0.1, -0.05) is 15.9 Å². The Balaban J connectivity index is 2.06. The molecule has 0 aromatic heterocycles. The zero-order chi connectivity index (χ0) is 13.8. The number of nitrogens with zero attached hydrogens (tertiary/aromatic N) is 2. The summed E-state index contributed by atoms with van der Waals surface area (Å²) in [7, 11) is 0. The maximum absolute atomic E-state index is 10.9. The number of halogens is 1. The molecular formula is C14H16BrN3O. The summed E-state index contributed by atoms with van der Waals surface area (Å²) in [5.74, 6) is 0.162. The highest BCUT2D eigenvalue weighted by Gasteiger charge is 2.22. The molecule has 1 heterocycles. The van der Waals surface area contributed by atoms with E-state index >= 15 is 0 Å². The Morgan fingerprint density at radius 2 is 2.16 bits per heavy atom. The van der Waals surface area contributed by atoms with E-state index in [1.165, 1.54) is 0 Å². The van der Waals surface area contributed by atoms with Crippen LogP contribution in [-0.2, 0) is 4.79 Å². The largest absolute Gasteiger partial charge is 0.370 e. The molecule has 0 spiro atoms. The fourth-order valence-electron chi connectivity index (χ4n) is 2.54. The summed E-state index contributed by atoms with van der Waals surface area (Å²) in [5.41, 5.74) is 6.89. The van der Waals surface area contributed by atoms with Crippen molar-refractivity contribution in [2.24, 2.45) is 11.7 Å². The molecule has 5 heteroatoms. The molecule has 0 saturated carbocycles. The predicted octanol–water partition coefficient (Wildman–Crippen LogP) is 2.41. The molecule has 2 rings (SSSR count). The Morgan fingerprint density at radius 3 is 2.74 bits per heavy atom. The number of nitrogens with two attached hydrogens (primary N) is 1. The minimum Gasteiger partial charge on any atom is -0.370 e. The third kappa shape index (κ3) is 3.48. The Hall–Kier alpha value is -1.54. The van der Waals surface area contributed by atoms with Crippen LogP contribution in [0.4, 0.5) is 5.69 Å². The fourth-order valence-corrected chi connectivity index (χ4v) is 2.90. The van der Waals surface area contributed by atoms with E-state index in [1.807, 2.05) is 18.2 Å². The van der Waals surface area contributed by atoms with Crippen LogP contribution in [0.1, 0.15) is 24.8 Å². The van der Waals surface area contributed by atoms with Gasteiger partial charge < -0.3 is 10.6 Å². The van der Waals surface area contributed by atoms with Crippen LogP contribution in [-0.4, -0.2) is 19.0 Å². The van der Waals surface area contributed by atoms with E-state index in [1.54, 1.807) is 0 Å². The molecule has 0 bridgehead atoms. The average Bonchev–Trinajstić information content (AvgIpc) is 2.39. The number of benzene rings is 1. The number of carbonyl (C=O) groups is 1. The molecule has 0 unspecified atom stereocenters. The van der Waals surface area contributed by atoms with E-state index in [2.05, 4.69) is 26.9 Å². The molecule has 1 aliphatic rings. The summed E-state index contributed by atoms with van der Waals surface area (Å²) in [6.45, 7) is 1.74. The lowest BCUT2D eigenvalue weighted by Crippen LogP contribution is -2.35. The lowest BCUT2D eigenvalue weighted by atomic mass is 9.93. The van der Waals surface area contributed by atoms with Crippen molar-refractivity contribution in [1.82, 2.24) is 0 Å². The maximum atomic E-state index is 10.9. The zero-order valence-electron chi connectivity index (χ0n) is 10.6. The van der Waals surface area contributed by atoms with E-state index in [0.29, 0.717) is 17.9 Å². The van der Waals surface area contributed by atoms with Gasteiger partial charge in [0.25, 0.3) is 0 Å². The van der Waals surface area contributed by atoms with Crippen molar-refractivity contribution >= 4 is 27.5 Å². The van der Waals surface area contributed by atoms with Crippen molar-refractivity contribution < 1.29 is 4.79 Å². The van der Waals surface area contributed by atoms with Gasteiger partial charge >= 0.3 is 0 Å². The van der Waals surface area contributed by atoms with Crippen LogP contribution in [0.3, 0.4) is 0 Å². The smallest absolute Gasteiger partial charge is 0.217 e. The van der Waals surface area contributed by atoms with Gasteiger partial charge in [-0.25, -0.2) is 0 Å². The second-order valence-corrected chi connectivity index (χ2v) is 5.79. The SMILES string of the molecule is N#Cc1cc(Br)ccc1N1CCC(CC(N)=O)CC1. The molecular weight excluding hydrogens is 306 g/mol. The zero-order valence-corrected chi connectivity index (χ0v) is 12.2. The van der Waals surface area contributed by atoms with E-state index in [0.717, 1.165) is 36.1 Å². The lowest BCUT2D eigenvalue weighted by molar-refractivity contribution is -0.119. The van der Waals surface area contributed by atoms with Crippen LogP contribution >= 0.6 is 15.9 Å². The van der Waals surface area contributed by atoms with Crippen molar-refractivity contribution in [3.8, 4) is 6.07 Å². The van der Waals surface area contributed by atoms with Crippen LogP contribution in [0.25, 0.3) is 0 Å². The topological polar surface area (TPSA) is 70.1 Å². The first kappa shape index (κ1) is 13.9. The minimum atomic E-state index is -0.222. The normalized spacial score (nSPS) is 16.1. The molecule has 1 fully saturated rings. The van der Waals surface area contributed by atoms with E-state index in [-0.39, 0.29) is 5.91 Å². The molecule has 0 atom stereocenters. The highest BCUT2D eigenvalue weighted by atomic mass is 79.9. The summed E-state index contributed by atoms with van der Waals surface area (Å²) in [6.07, 6.45) is 2.37. The van der Waals surface area contributed by atoms with Crippen LogP contribution < -0.4 is 10.6 Å². The van der Waals surface area contributed by atoms with Gasteiger partial charge in [0, 0.05) is 24.0 Å². The van der Waals surface area contributed by atoms with Gasteiger partial charge in [0.15, 0.2) is 0 Å². The number of anilines is 1. The number of hydrogen-bond donors (Lipinski definition) is 1. The third-order valence-corrected chi connectivity index (χ3v) is 4.02. The van der Waals surface area contributed by atoms with Gasteiger partial charge in [-0.15, -0.1) is 0 Å². The third-order valence-electron chi connectivity index (χ3n) is 3.52. The molecule has 100 valence electrons. The number of primary amides is 1. The fraction of sp³-hybridized carbons (Fsp3) is 0.429. The maximum Gasteiger partial charge on any atom is 0.217 e. The highest BCUT2D eigenvalue weighted by molar-refractivity contribution is 9.10. The van der Waals surface area contributed by atoms with Crippen LogP contribution in [0.5, 0.6) is 0 Å². The average molecular weight is 322 g/mol. The molecule has 1 aromatic carbocycles. The summed E-state index contributed by atoms with van der Waals surface area (Å²) in [5, 5.41) is 9.19. The van der Waals surface area contributed by atoms with Crippen LogP contribution in [0.2, 0.25) is 0 Å². The van der Waals surface area contributed by atoms with E-state index < -0.39 is 0 Å². The van der Waals surface area contributed by atoms with E-state index in [9.17, 15) is 10.1 Å². The Bertz CT molecular complexity index is 516. The molecule has 1 aromatic rings. The van der Waals surface area contributed by atoms with Gasteiger partial charge in [0.1, 0.15) is 6.07 Å². The molecule has 19 heavy (non-hydrogen) atoms. The number of carbonyl (C=O) groups excluding carboxylic acids is 1. The van der Waals surface area contributed by atoms with Gasteiger partial charge in [0.2, 0.25) is 5.91 Å². The first-order valence-electron chi connectivity index (χ1n) is 6.33.